The standard InChI is InChI=1S/C36H30ClN3O7/c1-36(2,3)47-35(44)39-31-24-10-6-7-11-28(24)46-32(31)33(42)38-21-12-13-27-19(14-21)15-29(45-27)34(43)40-18-20(17-37)30-23-9-5-4-8-22(23)26(41)16-25(30)40/h4-16,20,41H,17-18H2,1-3H3,(H,38,42)(H,39,44). The third kappa shape index (κ3) is 5.50. The normalized spacial score (nSPS) is 14.5. The van der Waals surface area contributed by atoms with E-state index in [1.807, 2.05) is 24.3 Å². The number of furan rings is 2. The van der Waals surface area contributed by atoms with Crippen molar-refractivity contribution in [1.82, 2.24) is 0 Å². The van der Waals surface area contributed by atoms with Gasteiger partial charge in [-0.1, -0.05) is 36.4 Å². The van der Waals surface area contributed by atoms with Gasteiger partial charge in [0.15, 0.2) is 5.76 Å². The molecule has 0 spiro atoms. The quantitative estimate of drug-likeness (QED) is 0.159. The number of carbonyl (C=O) groups is 3. The lowest BCUT2D eigenvalue weighted by molar-refractivity contribution is 0.0635. The number of rotatable bonds is 5. The molecule has 0 bridgehead atoms. The first-order valence-corrected chi connectivity index (χ1v) is 15.5. The molecule has 2 aromatic heterocycles. The highest BCUT2D eigenvalue weighted by atomic mass is 35.5. The molecule has 238 valence electrons. The maximum atomic E-state index is 13.8. The van der Waals surface area contributed by atoms with Crippen molar-refractivity contribution >= 4 is 79.3 Å². The van der Waals surface area contributed by atoms with Crippen molar-refractivity contribution in [3.63, 3.8) is 0 Å². The lowest BCUT2D eigenvalue weighted by Crippen LogP contribution is -2.29. The second-order valence-corrected chi connectivity index (χ2v) is 12.7. The molecule has 7 rings (SSSR count). The number of benzene rings is 4. The van der Waals surface area contributed by atoms with Crippen LogP contribution in [-0.4, -0.2) is 41.0 Å². The summed E-state index contributed by atoms with van der Waals surface area (Å²) in [6.45, 7) is 5.56. The molecule has 6 aromatic rings. The van der Waals surface area contributed by atoms with Gasteiger partial charge in [-0.3, -0.25) is 14.9 Å². The minimum Gasteiger partial charge on any atom is -0.507 e. The number of aromatic hydroxyl groups is 1. The summed E-state index contributed by atoms with van der Waals surface area (Å²) in [7, 11) is 0. The third-order valence-electron chi connectivity index (χ3n) is 7.99. The summed E-state index contributed by atoms with van der Waals surface area (Å²) in [5.74, 6) is -0.730. The van der Waals surface area contributed by atoms with E-state index in [2.05, 4.69) is 10.6 Å². The molecule has 4 aromatic carbocycles. The largest absolute Gasteiger partial charge is 0.507 e. The summed E-state index contributed by atoms with van der Waals surface area (Å²) in [6.07, 6.45) is -0.725. The van der Waals surface area contributed by atoms with E-state index in [4.69, 9.17) is 25.2 Å². The minimum absolute atomic E-state index is 0.0752. The molecule has 0 saturated heterocycles. The zero-order valence-electron chi connectivity index (χ0n) is 25.7. The molecule has 1 unspecified atom stereocenters. The van der Waals surface area contributed by atoms with Gasteiger partial charge in [-0.25, -0.2) is 4.79 Å². The van der Waals surface area contributed by atoms with Crippen LogP contribution in [0.4, 0.5) is 21.9 Å². The molecule has 1 aliphatic heterocycles. The Morgan fingerprint density at radius 3 is 2.38 bits per heavy atom. The van der Waals surface area contributed by atoms with Gasteiger partial charge >= 0.3 is 6.09 Å². The number of ether oxygens (including phenoxy) is 1. The Balaban J connectivity index is 1.16. The highest BCUT2D eigenvalue weighted by molar-refractivity contribution is 6.19. The second-order valence-electron chi connectivity index (χ2n) is 12.4. The second kappa shape index (κ2) is 11.4. The van der Waals surface area contributed by atoms with Crippen LogP contribution < -0.4 is 15.5 Å². The Hall–Kier alpha value is -5.48. The number of phenols is 1. The number of anilines is 3. The summed E-state index contributed by atoms with van der Waals surface area (Å²) >= 11 is 6.35. The zero-order valence-corrected chi connectivity index (χ0v) is 26.5. The Kier molecular flexibility index (Phi) is 7.32. The molecule has 0 aliphatic carbocycles. The van der Waals surface area contributed by atoms with Crippen molar-refractivity contribution in [3.05, 3.63) is 95.9 Å². The summed E-state index contributed by atoms with van der Waals surface area (Å²) < 4.78 is 17.2. The van der Waals surface area contributed by atoms with Crippen LogP contribution in [0.2, 0.25) is 0 Å². The van der Waals surface area contributed by atoms with E-state index in [0.717, 1.165) is 10.9 Å². The van der Waals surface area contributed by atoms with Crippen molar-refractivity contribution in [2.24, 2.45) is 0 Å². The van der Waals surface area contributed by atoms with Crippen molar-refractivity contribution in [2.45, 2.75) is 32.3 Å². The lowest BCUT2D eigenvalue weighted by atomic mass is 9.95. The molecule has 47 heavy (non-hydrogen) atoms. The number of carbonyl (C=O) groups excluding carboxylic acids is 3. The van der Waals surface area contributed by atoms with E-state index >= 15 is 0 Å². The first-order chi connectivity index (χ1) is 22.5. The maximum Gasteiger partial charge on any atom is 0.412 e. The van der Waals surface area contributed by atoms with Crippen LogP contribution in [0.25, 0.3) is 32.7 Å². The van der Waals surface area contributed by atoms with E-state index in [0.29, 0.717) is 51.1 Å². The van der Waals surface area contributed by atoms with Gasteiger partial charge in [0.1, 0.15) is 28.2 Å². The number of nitrogens with one attached hydrogen (secondary N) is 2. The van der Waals surface area contributed by atoms with Gasteiger partial charge in [-0.15, -0.1) is 11.6 Å². The van der Waals surface area contributed by atoms with Gasteiger partial charge in [0.25, 0.3) is 11.8 Å². The predicted molar refractivity (Wildman–Crippen MR) is 181 cm³/mol. The highest BCUT2D eigenvalue weighted by Gasteiger charge is 2.36. The molecular weight excluding hydrogens is 622 g/mol. The monoisotopic (exact) mass is 651 g/mol. The first kappa shape index (κ1) is 30.2. The summed E-state index contributed by atoms with van der Waals surface area (Å²) in [4.78, 5) is 41.5. The number of fused-ring (bicyclic) bond motifs is 5. The highest BCUT2D eigenvalue weighted by Crippen LogP contribution is 2.46. The molecule has 0 saturated carbocycles. The Bertz CT molecular complexity index is 2230. The number of amides is 3. The average Bonchev–Trinajstić information content (AvgIpc) is 3.73. The lowest BCUT2D eigenvalue weighted by Gasteiger charge is -2.19. The molecule has 0 fully saturated rings. The van der Waals surface area contributed by atoms with Crippen molar-refractivity contribution in [3.8, 4) is 5.75 Å². The summed E-state index contributed by atoms with van der Waals surface area (Å²) in [5, 5.41) is 18.9. The van der Waals surface area contributed by atoms with Gasteiger partial charge < -0.3 is 28.9 Å². The topological polar surface area (TPSA) is 134 Å². The number of hydrogen-bond donors (Lipinski definition) is 3. The van der Waals surface area contributed by atoms with Crippen LogP contribution in [0, 0.1) is 0 Å². The van der Waals surface area contributed by atoms with E-state index in [9.17, 15) is 19.5 Å². The van der Waals surface area contributed by atoms with Crippen LogP contribution in [0.5, 0.6) is 5.75 Å². The van der Waals surface area contributed by atoms with Gasteiger partial charge in [-0.2, -0.15) is 0 Å². The van der Waals surface area contributed by atoms with Gasteiger partial charge in [0.2, 0.25) is 5.76 Å². The van der Waals surface area contributed by atoms with Crippen molar-refractivity contribution in [2.75, 3.05) is 28.0 Å². The minimum atomic E-state index is -0.744. The van der Waals surface area contributed by atoms with E-state index in [1.54, 1.807) is 80.3 Å². The molecule has 3 N–H and O–H groups in total. The number of halogens is 1. The number of nitrogens with zero attached hydrogens (tertiary/aromatic N) is 1. The summed E-state index contributed by atoms with van der Waals surface area (Å²) in [5.41, 5.74) is 2.21. The van der Waals surface area contributed by atoms with Crippen LogP contribution in [0.3, 0.4) is 0 Å². The predicted octanol–water partition coefficient (Wildman–Crippen LogP) is 8.62. The van der Waals surface area contributed by atoms with Crippen LogP contribution in [0.1, 0.15) is 53.4 Å². The van der Waals surface area contributed by atoms with Crippen molar-refractivity contribution in [1.29, 1.82) is 0 Å². The van der Waals surface area contributed by atoms with Gasteiger partial charge in [0, 0.05) is 46.3 Å². The molecular formula is C36H30ClN3O7. The fourth-order valence-corrected chi connectivity index (χ4v) is 6.28. The first-order valence-electron chi connectivity index (χ1n) is 15.0. The smallest absolute Gasteiger partial charge is 0.412 e. The van der Waals surface area contributed by atoms with E-state index in [1.165, 1.54) is 0 Å². The molecule has 1 aliphatic rings. The molecule has 3 amide bonds. The maximum absolute atomic E-state index is 13.8. The van der Waals surface area contributed by atoms with Crippen LogP contribution in [-0.2, 0) is 4.74 Å². The molecule has 1 atom stereocenters. The fraction of sp³-hybridized carbons (Fsp3) is 0.194. The Morgan fingerprint density at radius 1 is 0.915 bits per heavy atom. The molecule has 11 heteroatoms. The van der Waals surface area contributed by atoms with Gasteiger partial charge in [-0.05, 0) is 68.1 Å². The fourth-order valence-electron chi connectivity index (χ4n) is 6.03. The molecule has 0 radical (unpaired) electrons. The van der Waals surface area contributed by atoms with E-state index in [-0.39, 0.29) is 34.8 Å². The van der Waals surface area contributed by atoms with Crippen LogP contribution in [0.15, 0.2) is 87.7 Å². The Morgan fingerprint density at radius 2 is 1.64 bits per heavy atom. The Labute approximate surface area is 273 Å². The number of alkyl halides is 1. The number of hydrogen-bond acceptors (Lipinski definition) is 7. The van der Waals surface area contributed by atoms with Gasteiger partial charge in [0.05, 0.1) is 5.69 Å². The SMILES string of the molecule is CC(C)(C)OC(=O)Nc1c(C(=O)Nc2ccc3oc(C(=O)N4CC(CCl)c5c4cc(O)c4ccccc54)cc3c2)oc2ccccc12. The number of phenolic OH excluding ortho intramolecular Hbond substituents is 1. The average molecular weight is 652 g/mol. The van der Waals surface area contributed by atoms with Crippen molar-refractivity contribution < 1.29 is 33.1 Å². The third-order valence-corrected chi connectivity index (χ3v) is 8.36. The number of para-hydroxylation sites is 1. The molecule has 3 heterocycles. The van der Waals surface area contributed by atoms with E-state index < -0.39 is 17.6 Å². The van der Waals surface area contributed by atoms with Crippen LogP contribution >= 0.6 is 11.6 Å². The molecule has 10 nitrogen and oxygen atoms in total. The zero-order chi connectivity index (χ0) is 33.0. The summed E-state index contributed by atoms with van der Waals surface area (Å²) in [6, 6.07) is 22.6.